The van der Waals surface area contributed by atoms with Crippen LogP contribution in [0, 0.1) is 0 Å². The van der Waals surface area contributed by atoms with Crippen LogP contribution in [0.4, 0.5) is 11.6 Å². The SMILES string of the molecule is CCN1CCCC1CNC(=O)c1cc(Oc2ccc3c(c2)nc(Nc2ccc(Cl)cc2)n3C)ccn1. The van der Waals surface area contributed by atoms with E-state index in [1.165, 1.54) is 6.42 Å². The molecule has 9 heteroatoms. The van der Waals surface area contributed by atoms with Crippen molar-refractivity contribution >= 4 is 40.2 Å². The Morgan fingerprint density at radius 1 is 1.14 bits per heavy atom. The molecular weight excluding hydrogens is 476 g/mol. The molecule has 3 heterocycles. The number of benzene rings is 2. The summed E-state index contributed by atoms with van der Waals surface area (Å²) in [5.74, 6) is 1.68. The van der Waals surface area contributed by atoms with Crippen LogP contribution < -0.4 is 15.4 Å². The number of anilines is 2. The molecule has 0 saturated carbocycles. The number of carbonyl (C=O) groups excluding carboxylic acids is 1. The largest absolute Gasteiger partial charge is 0.457 e. The van der Waals surface area contributed by atoms with Crippen LogP contribution in [0.25, 0.3) is 11.0 Å². The number of hydrogen-bond acceptors (Lipinski definition) is 6. The normalized spacial score (nSPS) is 15.8. The molecule has 2 N–H and O–H groups in total. The highest BCUT2D eigenvalue weighted by molar-refractivity contribution is 6.30. The van der Waals surface area contributed by atoms with Crippen molar-refractivity contribution in [2.45, 2.75) is 25.8 Å². The highest BCUT2D eigenvalue weighted by atomic mass is 35.5. The number of halogens is 1. The van der Waals surface area contributed by atoms with Crippen molar-refractivity contribution in [2.75, 3.05) is 25.0 Å². The van der Waals surface area contributed by atoms with Crippen LogP contribution in [-0.4, -0.2) is 51.0 Å². The summed E-state index contributed by atoms with van der Waals surface area (Å²) in [6, 6.07) is 17.0. The predicted octanol–water partition coefficient (Wildman–Crippen LogP) is 5.37. The number of likely N-dealkylation sites (tertiary alicyclic amines) is 1. The molecule has 0 bridgehead atoms. The first-order valence-corrected chi connectivity index (χ1v) is 12.5. The van der Waals surface area contributed by atoms with E-state index in [2.05, 4.69) is 27.4 Å². The molecule has 186 valence electrons. The maximum atomic E-state index is 12.7. The highest BCUT2D eigenvalue weighted by Crippen LogP contribution is 2.28. The van der Waals surface area contributed by atoms with Crippen LogP contribution >= 0.6 is 11.6 Å². The lowest BCUT2D eigenvalue weighted by Gasteiger charge is -2.22. The van der Waals surface area contributed by atoms with E-state index in [4.69, 9.17) is 21.3 Å². The summed E-state index contributed by atoms with van der Waals surface area (Å²) >= 11 is 5.98. The molecule has 4 aromatic rings. The second-order valence-electron chi connectivity index (χ2n) is 8.89. The molecule has 2 aromatic carbocycles. The van der Waals surface area contributed by atoms with Crippen LogP contribution in [0.15, 0.2) is 60.8 Å². The average Bonchev–Trinajstić information content (AvgIpc) is 3.47. The summed E-state index contributed by atoms with van der Waals surface area (Å²) in [7, 11) is 1.95. The molecule has 1 aliphatic heterocycles. The minimum atomic E-state index is -0.193. The number of carbonyl (C=O) groups is 1. The van der Waals surface area contributed by atoms with Crippen molar-refractivity contribution in [3.63, 3.8) is 0 Å². The Balaban J connectivity index is 1.27. The van der Waals surface area contributed by atoms with Gasteiger partial charge in [0.2, 0.25) is 5.95 Å². The molecule has 36 heavy (non-hydrogen) atoms. The number of ether oxygens (including phenoxy) is 1. The zero-order valence-electron chi connectivity index (χ0n) is 20.4. The Morgan fingerprint density at radius 3 is 2.75 bits per heavy atom. The van der Waals surface area contributed by atoms with Gasteiger partial charge in [-0.1, -0.05) is 18.5 Å². The van der Waals surface area contributed by atoms with E-state index in [9.17, 15) is 4.79 Å². The zero-order chi connectivity index (χ0) is 25.1. The number of pyridine rings is 1. The molecule has 1 unspecified atom stereocenters. The van der Waals surface area contributed by atoms with Gasteiger partial charge in [0.15, 0.2) is 0 Å². The maximum absolute atomic E-state index is 12.7. The van der Waals surface area contributed by atoms with Crippen molar-refractivity contribution in [3.05, 3.63) is 71.5 Å². The average molecular weight is 505 g/mol. The molecule has 1 aliphatic rings. The molecule has 1 atom stereocenters. The summed E-state index contributed by atoms with van der Waals surface area (Å²) in [4.78, 5) is 24.1. The topological polar surface area (TPSA) is 84.3 Å². The summed E-state index contributed by atoms with van der Waals surface area (Å²) in [6.45, 7) is 4.88. The third-order valence-electron chi connectivity index (χ3n) is 6.56. The van der Waals surface area contributed by atoms with Gasteiger partial charge in [0.25, 0.3) is 5.91 Å². The Morgan fingerprint density at radius 2 is 1.94 bits per heavy atom. The van der Waals surface area contributed by atoms with Gasteiger partial charge in [-0.3, -0.25) is 14.7 Å². The van der Waals surface area contributed by atoms with Crippen LogP contribution in [0.3, 0.4) is 0 Å². The maximum Gasteiger partial charge on any atom is 0.270 e. The fourth-order valence-corrected chi connectivity index (χ4v) is 4.72. The third-order valence-corrected chi connectivity index (χ3v) is 6.81. The molecule has 0 radical (unpaired) electrons. The molecule has 0 spiro atoms. The number of nitrogens with one attached hydrogen (secondary N) is 2. The van der Waals surface area contributed by atoms with Gasteiger partial charge in [0, 0.05) is 48.7 Å². The first-order chi connectivity index (χ1) is 17.5. The van der Waals surface area contributed by atoms with Gasteiger partial charge < -0.3 is 19.9 Å². The summed E-state index contributed by atoms with van der Waals surface area (Å²) < 4.78 is 8.04. The minimum Gasteiger partial charge on any atom is -0.457 e. The summed E-state index contributed by atoms with van der Waals surface area (Å²) in [5.41, 5.74) is 2.98. The Labute approximate surface area is 215 Å². The van der Waals surface area contributed by atoms with Gasteiger partial charge in [-0.05, 0) is 68.4 Å². The van der Waals surface area contributed by atoms with Gasteiger partial charge in [0.05, 0.1) is 11.0 Å². The van der Waals surface area contributed by atoms with Crippen molar-refractivity contribution in [1.29, 1.82) is 0 Å². The molecule has 5 rings (SSSR count). The van der Waals surface area contributed by atoms with E-state index < -0.39 is 0 Å². The van der Waals surface area contributed by atoms with Gasteiger partial charge in [-0.25, -0.2) is 4.98 Å². The van der Waals surface area contributed by atoms with Gasteiger partial charge in [-0.15, -0.1) is 0 Å². The van der Waals surface area contributed by atoms with Gasteiger partial charge in [-0.2, -0.15) is 0 Å². The summed E-state index contributed by atoms with van der Waals surface area (Å²) in [5, 5.41) is 7.02. The molecule has 8 nitrogen and oxygen atoms in total. The molecular formula is C27H29ClN6O2. The van der Waals surface area contributed by atoms with Crippen LogP contribution in [0.2, 0.25) is 5.02 Å². The number of imidazole rings is 1. The van der Waals surface area contributed by atoms with Gasteiger partial charge >= 0.3 is 0 Å². The van der Waals surface area contributed by atoms with Crippen molar-refractivity contribution < 1.29 is 9.53 Å². The standard InChI is InChI=1S/C27H29ClN6O2/c1-3-34-14-4-5-20(34)17-30-26(35)24-16-22(12-13-29-24)36-21-10-11-25-23(15-21)32-27(33(25)2)31-19-8-6-18(28)7-9-19/h6-13,15-16,20H,3-5,14,17H2,1-2H3,(H,30,35)(H,31,32). The number of aryl methyl sites for hydroxylation is 1. The van der Waals surface area contributed by atoms with Crippen LogP contribution in [0.5, 0.6) is 11.5 Å². The Bertz CT molecular complexity index is 1370. The van der Waals surface area contributed by atoms with Crippen molar-refractivity contribution in [1.82, 2.24) is 24.8 Å². The number of aromatic nitrogens is 3. The van der Waals surface area contributed by atoms with Crippen molar-refractivity contribution in [3.8, 4) is 11.5 Å². The highest BCUT2D eigenvalue weighted by Gasteiger charge is 2.23. The number of hydrogen-bond donors (Lipinski definition) is 2. The second-order valence-corrected chi connectivity index (χ2v) is 9.33. The quantitative estimate of drug-likeness (QED) is 0.335. The monoisotopic (exact) mass is 504 g/mol. The fraction of sp³-hybridized carbons (Fsp3) is 0.296. The number of fused-ring (bicyclic) bond motifs is 1. The van der Waals surface area contributed by atoms with E-state index in [0.29, 0.717) is 40.8 Å². The third kappa shape index (κ3) is 5.29. The van der Waals surface area contributed by atoms with E-state index in [1.807, 2.05) is 54.1 Å². The number of rotatable bonds is 8. The molecule has 1 fully saturated rings. The fourth-order valence-electron chi connectivity index (χ4n) is 4.60. The molecule has 1 amide bonds. The Kier molecular flexibility index (Phi) is 7.06. The summed E-state index contributed by atoms with van der Waals surface area (Å²) in [6.07, 6.45) is 3.87. The predicted molar refractivity (Wildman–Crippen MR) is 142 cm³/mol. The number of nitrogens with zero attached hydrogens (tertiary/aromatic N) is 4. The lowest BCUT2D eigenvalue weighted by molar-refractivity contribution is 0.0936. The lowest BCUT2D eigenvalue weighted by Crippen LogP contribution is -2.40. The molecule has 0 aliphatic carbocycles. The smallest absolute Gasteiger partial charge is 0.270 e. The first-order valence-electron chi connectivity index (χ1n) is 12.2. The minimum absolute atomic E-state index is 0.193. The van der Waals surface area contributed by atoms with E-state index in [-0.39, 0.29) is 5.91 Å². The zero-order valence-corrected chi connectivity index (χ0v) is 21.1. The van der Waals surface area contributed by atoms with Crippen LogP contribution in [0.1, 0.15) is 30.3 Å². The molecule has 1 saturated heterocycles. The first kappa shape index (κ1) is 24.1. The van der Waals surface area contributed by atoms with Gasteiger partial charge in [0.1, 0.15) is 17.2 Å². The van der Waals surface area contributed by atoms with E-state index >= 15 is 0 Å². The lowest BCUT2D eigenvalue weighted by atomic mass is 10.2. The number of likely N-dealkylation sites (N-methyl/N-ethyl adjacent to an activating group) is 1. The van der Waals surface area contributed by atoms with Crippen LogP contribution in [-0.2, 0) is 7.05 Å². The Hall–Kier alpha value is -3.62. The molecule has 2 aromatic heterocycles. The van der Waals surface area contributed by atoms with Crippen molar-refractivity contribution in [2.24, 2.45) is 7.05 Å². The van der Waals surface area contributed by atoms with E-state index in [0.717, 1.165) is 36.2 Å². The van der Waals surface area contributed by atoms with E-state index in [1.54, 1.807) is 18.3 Å². The number of amides is 1. The second kappa shape index (κ2) is 10.6.